The number of carbonyl (C=O) groups is 1. The van der Waals surface area contributed by atoms with Crippen LogP contribution in [0.1, 0.15) is 15.9 Å². The number of ketones is 1. The Kier molecular flexibility index (Phi) is 5.00. The van der Waals surface area contributed by atoms with Crippen molar-refractivity contribution in [3.8, 4) is 11.5 Å². The molecule has 0 N–H and O–H groups in total. The Morgan fingerprint density at radius 2 is 1.80 bits per heavy atom. The van der Waals surface area contributed by atoms with E-state index in [-0.39, 0.29) is 12.4 Å². The first-order valence-electron chi connectivity index (χ1n) is 6.16. The summed E-state index contributed by atoms with van der Waals surface area (Å²) in [6.07, 6.45) is 0. The minimum absolute atomic E-state index is 0.0000132. The second-order valence-corrected chi connectivity index (χ2v) is 5.62. The second-order valence-electron chi connectivity index (χ2n) is 4.37. The molecule has 0 aromatic heterocycles. The highest BCUT2D eigenvalue weighted by Gasteiger charge is 2.09. The third-order valence-electron chi connectivity index (χ3n) is 2.84. The largest absolute Gasteiger partial charge is 0.493 e. The highest BCUT2D eigenvalue weighted by Crippen LogP contribution is 2.27. The summed E-state index contributed by atoms with van der Waals surface area (Å²) in [6, 6.07) is 13.0. The van der Waals surface area contributed by atoms with Crippen LogP contribution in [0.25, 0.3) is 0 Å². The molecule has 2 aromatic rings. The van der Waals surface area contributed by atoms with Gasteiger partial charge in [0.05, 0.1) is 7.11 Å². The Balaban J connectivity index is 2.05. The van der Waals surface area contributed by atoms with E-state index in [2.05, 4.69) is 22.6 Å². The number of rotatable bonds is 5. The predicted octanol–water partition coefficient (Wildman–Crippen LogP) is 3.87. The molecule has 0 aliphatic rings. The van der Waals surface area contributed by atoms with Gasteiger partial charge in [0.2, 0.25) is 0 Å². The Hall–Kier alpha value is -1.56. The van der Waals surface area contributed by atoms with Crippen molar-refractivity contribution in [2.45, 2.75) is 6.92 Å². The zero-order valence-electron chi connectivity index (χ0n) is 11.4. The molecule has 2 rings (SSSR count). The maximum Gasteiger partial charge on any atom is 0.200 e. The number of hydrogen-bond acceptors (Lipinski definition) is 3. The average molecular weight is 382 g/mol. The minimum Gasteiger partial charge on any atom is -0.493 e. The number of Topliss-reactive ketones (excluding diaryl/α,β-unsaturated/α-hetero) is 1. The molecule has 2 aromatic carbocycles. The molecule has 0 saturated heterocycles. The molecule has 0 heterocycles. The Morgan fingerprint density at radius 1 is 1.10 bits per heavy atom. The smallest absolute Gasteiger partial charge is 0.200 e. The third kappa shape index (κ3) is 3.72. The van der Waals surface area contributed by atoms with Crippen LogP contribution in [0.5, 0.6) is 11.5 Å². The molecule has 0 unspecified atom stereocenters. The summed E-state index contributed by atoms with van der Waals surface area (Å²) < 4.78 is 11.9. The summed E-state index contributed by atoms with van der Waals surface area (Å²) in [5.74, 6) is 1.17. The van der Waals surface area contributed by atoms with Gasteiger partial charge in [0.15, 0.2) is 23.9 Å². The van der Waals surface area contributed by atoms with Gasteiger partial charge in [-0.1, -0.05) is 18.2 Å². The number of ether oxygens (including phenoxy) is 2. The van der Waals surface area contributed by atoms with Gasteiger partial charge < -0.3 is 9.47 Å². The zero-order valence-corrected chi connectivity index (χ0v) is 13.5. The van der Waals surface area contributed by atoms with Crippen molar-refractivity contribution in [2.75, 3.05) is 13.7 Å². The van der Waals surface area contributed by atoms with Gasteiger partial charge in [0.1, 0.15) is 0 Å². The molecular formula is C16H15IO3. The Bertz CT molecular complexity index is 606. The number of methoxy groups -OCH3 is 1. The summed E-state index contributed by atoms with van der Waals surface area (Å²) in [5.41, 5.74) is 1.73. The van der Waals surface area contributed by atoms with Crippen LogP contribution in [0.4, 0.5) is 0 Å². The van der Waals surface area contributed by atoms with Crippen LogP contribution in [0.15, 0.2) is 42.5 Å². The van der Waals surface area contributed by atoms with Gasteiger partial charge in [-0.05, 0) is 59.3 Å². The van der Waals surface area contributed by atoms with E-state index in [4.69, 9.17) is 9.47 Å². The fourth-order valence-electron chi connectivity index (χ4n) is 1.76. The van der Waals surface area contributed by atoms with E-state index in [1.54, 1.807) is 19.2 Å². The van der Waals surface area contributed by atoms with Crippen LogP contribution in [-0.2, 0) is 0 Å². The fraction of sp³-hybridized carbons (Fsp3) is 0.188. The molecule has 0 amide bonds. The van der Waals surface area contributed by atoms with Gasteiger partial charge in [-0.2, -0.15) is 0 Å². The van der Waals surface area contributed by atoms with Crippen molar-refractivity contribution in [3.05, 3.63) is 57.2 Å². The number of halogens is 1. The molecule has 0 spiro atoms. The van der Waals surface area contributed by atoms with E-state index in [0.717, 1.165) is 9.13 Å². The summed E-state index contributed by atoms with van der Waals surface area (Å²) in [5, 5.41) is 0. The van der Waals surface area contributed by atoms with Crippen molar-refractivity contribution < 1.29 is 14.3 Å². The average Bonchev–Trinajstić information content (AvgIpc) is 2.46. The number of carbonyl (C=O) groups excluding carboxylic acids is 1. The topological polar surface area (TPSA) is 35.5 Å². The summed E-state index contributed by atoms with van der Waals surface area (Å²) in [7, 11) is 1.59. The molecule has 4 heteroatoms. The standard InChI is InChI=1S/C16H15IO3/c1-11-3-8-15(16(9-11)19-2)20-10-14(18)12-4-6-13(17)7-5-12/h3-9H,10H2,1-2H3. The fourth-order valence-corrected chi connectivity index (χ4v) is 2.12. The first kappa shape index (κ1) is 14.8. The molecular weight excluding hydrogens is 367 g/mol. The first-order valence-corrected chi connectivity index (χ1v) is 7.24. The quantitative estimate of drug-likeness (QED) is 0.582. The van der Waals surface area contributed by atoms with Crippen molar-refractivity contribution in [1.29, 1.82) is 0 Å². The van der Waals surface area contributed by atoms with Crippen LogP contribution in [0.2, 0.25) is 0 Å². The normalized spacial score (nSPS) is 10.2. The van der Waals surface area contributed by atoms with Crippen molar-refractivity contribution in [2.24, 2.45) is 0 Å². The maximum atomic E-state index is 12.0. The molecule has 0 saturated carbocycles. The minimum atomic E-state index is -0.0518. The lowest BCUT2D eigenvalue weighted by Gasteiger charge is -2.10. The number of aryl methyl sites for hydroxylation is 1. The van der Waals surface area contributed by atoms with Crippen LogP contribution < -0.4 is 9.47 Å². The van der Waals surface area contributed by atoms with Gasteiger partial charge in [-0.15, -0.1) is 0 Å². The molecule has 0 aliphatic heterocycles. The maximum absolute atomic E-state index is 12.0. The molecule has 20 heavy (non-hydrogen) atoms. The van der Waals surface area contributed by atoms with Gasteiger partial charge in [0, 0.05) is 9.13 Å². The predicted molar refractivity (Wildman–Crippen MR) is 86.7 cm³/mol. The SMILES string of the molecule is COc1cc(C)ccc1OCC(=O)c1ccc(I)cc1. The molecule has 104 valence electrons. The highest BCUT2D eigenvalue weighted by atomic mass is 127. The summed E-state index contributed by atoms with van der Waals surface area (Å²) in [6.45, 7) is 1.98. The monoisotopic (exact) mass is 382 g/mol. The molecule has 0 radical (unpaired) electrons. The lowest BCUT2D eigenvalue weighted by atomic mass is 10.1. The Labute approximate surface area is 132 Å². The zero-order chi connectivity index (χ0) is 14.5. The van der Waals surface area contributed by atoms with E-state index >= 15 is 0 Å². The third-order valence-corrected chi connectivity index (χ3v) is 3.56. The lowest BCUT2D eigenvalue weighted by Crippen LogP contribution is -2.12. The molecule has 0 aliphatic carbocycles. The number of hydrogen-bond donors (Lipinski definition) is 0. The lowest BCUT2D eigenvalue weighted by molar-refractivity contribution is 0.0919. The first-order chi connectivity index (χ1) is 9.60. The van der Waals surface area contributed by atoms with E-state index in [1.165, 1.54) is 0 Å². The molecule has 0 fully saturated rings. The van der Waals surface area contributed by atoms with E-state index < -0.39 is 0 Å². The number of benzene rings is 2. The molecule has 0 bridgehead atoms. The van der Waals surface area contributed by atoms with Crippen molar-refractivity contribution in [3.63, 3.8) is 0 Å². The molecule has 0 atom stereocenters. The summed E-state index contributed by atoms with van der Waals surface area (Å²) in [4.78, 5) is 12.0. The van der Waals surface area contributed by atoms with Gasteiger partial charge in [-0.25, -0.2) is 0 Å². The van der Waals surface area contributed by atoms with Crippen LogP contribution in [0.3, 0.4) is 0 Å². The van der Waals surface area contributed by atoms with Gasteiger partial charge in [0.25, 0.3) is 0 Å². The van der Waals surface area contributed by atoms with Crippen molar-refractivity contribution in [1.82, 2.24) is 0 Å². The van der Waals surface area contributed by atoms with E-state index in [0.29, 0.717) is 17.1 Å². The van der Waals surface area contributed by atoms with Crippen LogP contribution in [-0.4, -0.2) is 19.5 Å². The van der Waals surface area contributed by atoms with E-state index in [9.17, 15) is 4.79 Å². The van der Waals surface area contributed by atoms with Crippen molar-refractivity contribution >= 4 is 28.4 Å². The van der Waals surface area contributed by atoms with Crippen LogP contribution in [0, 0.1) is 10.5 Å². The Morgan fingerprint density at radius 3 is 2.45 bits per heavy atom. The summed E-state index contributed by atoms with van der Waals surface area (Å²) >= 11 is 2.20. The van der Waals surface area contributed by atoms with Crippen LogP contribution >= 0.6 is 22.6 Å². The van der Waals surface area contributed by atoms with Gasteiger partial charge >= 0.3 is 0 Å². The molecule has 3 nitrogen and oxygen atoms in total. The second kappa shape index (κ2) is 6.74. The van der Waals surface area contributed by atoms with E-state index in [1.807, 2.05) is 37.3 Å². The van der Waals surface area contributed by atoms with Gasteiger partial charge in [-0.3, -0.25) is 4.79 Å². The highest BCUT2D eigenvalue weighted by molar-refractivity contribution is 14.1.